The van der Waals surface area contributed by atoms with Crippen LogP contribution in [-0.2, 0) is 19.1 Å². The first-order valence-electron chi connectivity index (χ1n) is 21.1. The largest absolute Gasteiger partial charge is 0.494 e. The van der Waals surface area contributed by atoms with Gasteiger partial charge in [-0.05, 0) is 140 Å². The number of ether oxygens (including phenoxy) is 6. The van der Waals surface area contributed by atoms with E-state index in [0.29, 0.717) is 91.3 Å². The number of aryl methyl sites for hydroxylation is 1. The summed E-state index contributed by atoms with van der Waals surface area (Å²) in [5.74, 6) is 0.939. The number of hydrogen-bond donors (Lipinski definition) is 0. The number of carbonyl (C=O) groups excluding carboxylic acids is 4. The number of esters is 4. The summed E-state index contributed by atoms with van der Waals surface area (Å²) in [5.41, 5.74) is 1.23. The molecule has 3 aromatic carbocycles. The van der Waals surface area contributed by atoms with Crippen molar-refractivity contribution in [3.05, 3.63) is 83.4 Å². The second-order valence-corrected chi connectivity index (χ2v) is 18.4. The predicted molar refractivity (Wildman–Crippen MR) is 230 cm³/mol. The molecule has 59 heavy (non-hydrogen) atoms. The first-order chi connectivity index (χ1) is 27.7. The predicted octanol–water partition coefficient (Wildman–Crippen LogP) is 11.3. The molecular formula is C49H68O10. The Labute approximate surface area is 352 Å². The Morgan fingerprint density at radius 3 is 1.47 bits per heavy atom. The highest BCUT2D eigenvalue weighted by molar-refractivity contribution is 5.92. The van der Waals surface area contributed by atoms with Gasteiger partial charge in [0.1, 0.15) is 23.0 Å². The lowest BCUT2D eigenvalue weighted by Crippen LogP contribution is -2.31. The van der Waals surface area contributed by atoms with E-state index in [0.717, 1.165) is 19.3 Å². The van der Waals surface area contributed by atoms with E-state index in [9.17, 15) is 19.2 Å². The van der Waals surface area contributed by atoms with Gasteiger partial charge in [0.2, 0.25) is 0 Å². The van der Waals surface area contributed by atoms with Gasteiger partial charge in [-0.1, -0.05) is 69.2 Å². The van der Waals surface area contributed by atoms with E-state index < -0.39 is 11.9 Å². The first kappa shape index (κ1) is 48.5. The molecule has 3 rings (SSSR count). The van der Waals surface area contributed by atoms with Crippen LogP contribution in [0.1, 0.15) is 134 Å². The maximum atomic E-state index is 12.9. The molecule has 0 aliphatic rings. The number of carbonyl (C=O) groups is 4. The Morgan fingerprint density at radius 2 is 1.03 bits per heavy atom. The monoisotopic (exact) mass is 816 g/mol. The van der Waals surface area contributed by atoms with Crippen molar-refractivity contribution in [2.24, 2.45) is 34.5 Å². The third-order valence-corrected chi connectivity index (χ3v) is 9.82. The summed E-state index contributed by atoms with van der Waals surface area (Å²) in [6, 6.07) is 18.2. The highest BCUT2D eigenvalue weighted by Gasteiger charge is 2.33. The van der Waals surface area contributed by atoms with Crippen LogP contribution in [0.4, 0.5) is 0 Å². The lowest BCUT2D eigenvalue weighted by Gasteiger charge is -2.30. The molecule has 0 N–H and O–H groups in total. The van der Waals surface area contributed by atoms with Crippen LogP contribution in [0.3, 0.4) is 0 Å². The zero-order chi connectivity index (χ0) is 43.8. The molecule has 0 aromatic heterocycles. The second-order valence-electron chi connectivity index (χ2n) is 18.4. The first-order valence-corrected chi connectivity index (χ1v) is 21.1. The fourth-order valence-electron chi connectivity index (χ4n) is 6.37. The summed E-state index contributed by atoms with van der Waals surface area (Å²) in [4.78, 5) is 51.1. The minimum absolute atomic E-state index is 0.0546. The molecule has 3 aromatic rings. The molecule has 0 radical (unpaired) electrons. The molecular weight excluding hydrogens is 749 g/mol. The standard InChI is InChI=1S/C49H68O10/c1-33(2)30-42(49(9,10)11)47(53)57-29-15-13-27-55-39-22-18-37(19-23-39)45(51)59-43-25-24-40(31-35(43)5)58-44(50)36-16-20-38(21-17-36)54-26-12-14-28-56-46(52)41(34(3)4)32-48(6,7)8/h16-25,31,33-34,41-42H,12-15,26-30,32H2,1-11H3. The van der Waals surface area contributed by atoms with Gasteiger partial charge in [0.15, 0.2) is 0 Å². The second kappa shape index (κ2) is 23.1. The van der Waals surface area contributed by atoms with Crippen molar-refractivity contribution < 1.29 is 47.6 Å². The van der Waals surface area contributed by atoms with Gasteiger partial charge in [-0.25, -0.2) is 9.59 Å². The van der Waals surface area contributed by atoms with E-state index in [1.54, 1.807) is 73.7 Å². The van der Waals surface area contributed by atoms with Crippen molar-refractivity contribution >= 4 is 23.9 Å². The minimum Gasteiger partial charge on any atom is -0.494 e. The SMILES string of the molecule is Cc1cc(OC(=O)c2ccc(OCCCCOC(=O)C(CC(C)(C)C)C(C)C)cc2)ccc1OC(=O)c1ccc(OCCCCOC(=O)C(CC(C)C)C(C)(C)C)cc1. The van der Waals surface area contributed by atoms with Crippen LogP contribution >= 0.6 is 0 Å². The van der Waals surface area contributed by atoms with Crippen LogP contribution in [0.2, 0.25) is 0 Å². The fourth-order valence-corrected chi connectivity index (χ4v) is 6.37. The maximum absolute atomic E-state index is 12.9. The van der Waals surface area contributed by atoms with E-state index in [1.165, 1.54) is 0 Å². The van der Waals surface area contributed by atoms with E-state index in [-0.39, 0.29) is 40.5 Å². The molecule has 0 bridgehead atoms. The summed E-state index contributed by atoms with van der Waals surface area (Å²) >= 11 is 0. The third-order valence-electron chi connectivity index (χ3n) is 9.82. The fraction of sp³-hybridized carbons (Fsp3) is 0.551. The van der Waals surface area contributed by atoms with Gasteiger partial charge in [0.25, 0.3) is 0 Å². The quantitative estimate of drug-likeness (QED) is 0.0550. The van der Waals surface area contributed by atoms with Gasteiger partial charge in [-0.2, -0.15) is 0 Å². The van der Waals surface area contributed by atoms with E-state index in [2.05, 4.69) is 69.2 Å². The molecule has 324 valence electrons. The van der Waals surface area contributed by atoms with Gasteiger partial charge in [-0.15, -0.1) is 0 Å². The highest BCUT2D eigenvalue weighted by atomic mass is 16.5. The van der Waals surface area contributed by atoms with Crippen LogP contribution in [0.25, 0.3) is 0 Å². The van der Waals surface area contributed by atoms with Gasteiger partial charge >= 0.3 is 23.9 Å². The Hall–Kier alpha value is -4.86. The summed E-state index contributed by atoms with van der Waals surface area (Å²) in [5, 5.41) is 0. The average Bonchev–Trinajstić information content (AvgIpc) is 3.16. The minimum atomic E-state index is -0.536. The van der Waals surface area contributed by atoms with Crippen molar-refractivity contribution in [2.45, 2.75) is 115 Å². The Kier molecular flexibility index (Phi) is 19.0. The van der Waals surface area contributed by atoms with E-state index in [1.807, 2.05) is 0 Å². The van der Waals surface area contributed by atoms with Gasteiger partial charge in [0.05, 0.1) is 49.4 Å². The van der Waals surface area contributed by atoms with Crippen LogP contribution in [0.5, 0.6) is 23.0 Å². The maximum Gasteiger partial charge on any atom is 0.343 e. The molecule has 0 fully saturated rings. The Balaban J connectivity index is 1.37. The van der Waals surface area contributed by atoms with Crippen LogP contribution in [0, 0.1) is 41.4 Å². The molecule has 0 heterocycles. The Bertz CT molecular complexity index is 1780. The van der Waals surface area contributed by atoms with Gasteiger partial charge in [0, 0.05) is 0 Å². The molecule has 2 unspecified atom stereocenters. The normalized spacial score (nSPS) is 12.8. The molecule has 0 saturated heterocycles. The van der Waals surface area contributed by atoms with Crippen LogP contribution in [-0.4, -0.2) is 50.3 Å². The molecule has 10 nitrogen and oxygen atoms in total. The molecule has 0 aliphatic carbocycles. The Morgan fingerprint density at radius 1 is 0.576 bits per heavy atom. The summed E-state index contributed by atoms with van der Waals surface area (Å²) in [7, 11) is 0. The summed E-state index contributed by atoms with van der Waals surface area (Å²) < 4.78 is 34.0. The van der Waals surface area contributed by atoms with Crippen molar-refractivity contribution in [3.8, 4) is 23.0 Å². The van der Waals surface area contributed by atoms with E-state index >= 15 is 0 Å². The molecule has 0 aliphatic heterocycles. The molecule has 10 heteroatoms. The number of rotatable bonds is 22. The lowest BCUT2D eigenvalue weighted by atomic mass is 9.76. The van der Waals surface area contributed by atoms with Crippen molar-refractivity contribution in [1.82, 2.24) is 0 Å². The third kappa shape index (κ3) is 17.5. The molecule has 2 atom stereocenters. The number of unbranched alkanes of at least 4 members (excludes halogenated alkanes) is 2. The number of hydrogen-bond acceptors (Lipinski definition) is 10. The topological polar surface area (TPSA) is 124 Å². The van der Waals surface area contributed by atoms with Crippen molar-refractivity contribution in [1.29, 1.82) is 0 Å². The van der Waals surface area contributed by atoms with Crippen molar-refractivity contribution in [3.63, 3.8) is 0 Å². The summed E-state index contributed by atoms with van der Waals surface area (Å²) in [6.45, 7) is 24.3. The summed E-state index contributed by atoms with van der Waals surface area (Å²) in [6.07, 6.45) is 4.41. The molecule has 0 saturated carbocycles. The van der Waals surface area contributed by atoms with Gasteiger partial charge < -0.3 is 28.4 Å². The number of benzene rings is 3. The average molecular weight is 817 g/mol. The highest BCUT2D eigenvalue weighted by Crippen LogP contribution is 2.33. The zero-order valence-electron chi connectivity index (χ0n) is 37.3. The van der Waals surface area contributed by atoms with Crippen molar-refractivity contribution in [2.75, 3.05) is 26.4 Å². The van der Waals surface area contributed by atoms with Gasteiger partial charge in [-0.3, -0.25) is 9.59 Å². The van der Waals surface area contributed by atoms with Crippen LogP contribution in [0.15, 0.2) is 66.7 Å². The smallest absolute Gasteiger partial charge is 0.343 e. The lowest BCUT2D eigenvalue weighted by molar-refractivity contribution is -0.153. The molecule has 0 spiro atoms. The molecule has 0 amide bonds. The zero-order valence-corrected chi connectivity index (χ0v) is 37.3. The van der Waals surface area contributed by atoms with E-state index in [4.69, 9.17) is 28.4 Å². The van der Waals surface area contributed by atoms with Crippen LogP contribution < -0.4 is 18.9 Å².